The van der Waals surface area contributed by atoms with Crippen molar-refractivity contribution in [1.82, 2.24) is 0 Å². The third kappa shape index (κ3) is 3.94. The number of ketones is 1. The minimum atomic E-state index is 0.00282. The summed E-state index contributed by atoms with van der Waals surface area (Å²) in [6, 6.07) is 5.43. The molecule has 0 aliphatic rings. The fraction of sp³-hybridized carbons (Fsp3) is 0.417. The highest BCUT2D eigenvalue weighted by atomic mass is 79.9. The van der Waals surface area contributed by atoms with Crippen molar-refractivity contribution < 1.29 is 14.3 Å². The second-order valence-corrected chi connectivity index (χ2v) is 4.31. The average molecular weight is 287 g/mol. The van der Waals surface area contributed by atoms with E-state index >= 15 is 0 Å². The standard InChI is InChI=1S/C12H15BrO3/c1-9(14)11-8-10(13)4-5-12(11)16-7-3-6-15-2/h4-5,8H,3,6-7H2,1-2H3. The van der Waals surface area contributed by atoms with Gasteiger partial charge >= 0.3 is 0 Å². The van der Waals surface area contributed by atoms with E-state index in [1.54, 1.807) is 19.2 Å². The summed E-state index contributed by atoms with van der Waals surface area (Å²) in [6.07, 6.45) is 0.809. The summed E-state index contributed by atoms with van der Waals surface area (Å²) < 4.78 is 11.3. The van der Waals surface area contributed by atoms with Gasteiger partial charge in [-0.15, -0.1) is 0 Å². The molecule has 0 saturated carbocycles. The number of hydrogen-bond acceptors (Lipinski definition) is 3. The van der Waals surface area contributed by atoms with E-state index in [-0.39, 0.29) is 5.78 Å². The molecule has 0 N–H and O–H groups in total. The first-order valence-electron chi connectivity index (χ1n) is 5.07. The third-order valence-corrected chi connectivity index (χ3v) is 2.56. The lowest BCUT2D eigenvalue weighted by molar-refractivity contribution is 0.101. The number of carbonyl (C=O) groups is 1. The Bertz CT molecular complexity index is 363. The van der Waals surface area contributed by atoms with Crippen molar-refractivity contribution in [2.75, 3.05) is 20.3 Å². The first-order chi connectivity index (χ1) is 7.65. The van der Waals surface area contributed by atoms with Crippen molar-refractivity contribution in [3.8, 4) is 5.75 Å². The fourth-order valence-corrected chi connectivity index (χ4v) is 1.65. The molecule has 16 heavy (non-hydrogen) atoms. The molecule has 3 nitrogen and oxygen atoms in total. The van der Waals surface area contributed by atoms with Crippen molar-refractivity contribution in [1.29, 1.82) is 0 Å². The van der Waals surface area contributed by atoms with Crippen LogP contribution in [0.15, 0.2) is 22.7 Å². The highest BCUT2D eigenvalue weighted by Crippen LogP contribution is 2.23. The van der Waals surface area contributed by atoms with Gasteiger partial charge in [0.2, 0.25) is 0 Å². The number of hydrogen-bond donors (Lipinski definition) is 0. The molecule has 1 aromatic carbocycles. The van der Waals surface area contributed by atoms with Gasteiger partial charge in [0.15, 0.2) is 5.78 Å². The van der Waals surface area contributed by atoms with Gasteiger partial charge in [-0.3, -0.25) is 4.79 Å². The molecule has 0 radical (unpaired) electrons. The summed E-state index contributed by atoms with van der Waals surface area (Å²) in [7, 11) is 1.65. The van der Waals surface area contributed by atoms with Gasteiger partial charge in [0.05, 0.1) is 12.2 Å². The zero-order valence-corrected chi connectivity index (χ0v) is 11.0. The molecule has 0 atom stereocenters. The predicted molar refractivity (Wildman–Crippen MR) is 66.1 cm³/mol. The smallest absolute Gasteiger partial charge is 0.163 e. The van der Waals surface area contributed by atoms with E-state index in [0.717, 1.165) is 10.9 Å². The molecule has 4 heteroatoms. The molecule has 0 heterocycles. The van der Waals surface area contributed by atoms with Gasteiger partial charge in [-0.25, -0.2) is 0 Å². The van der Waals surface area contributed by atoms with Crippen molar-refractivity contribution in [2.45, 2.75) is 13.3 Å². The van der Waals surface area contributed by atoms with E-state index < -0.39 is 0 Å². The second-order valence-electron chi connectivity index (χ2n) is 3.39. The Kier molecular flexibility index (Phi) is 5.49. The molecule has 0 spiro atoms. The van der Waals surface area contributed by atoms with E-state index in [1.165, 1.54) is 6.92 Å². The van der Waals surface area contributed by atoms with E-state index in [4.69, 9.17) is 9.47 Å². The number of methoxy groups -OCH3 is 1. The number of benzene rings is 1. The van der Waals surface area contributed by atoms with Crippen LogP contribution in [0.1, 0.15) is 23.7 Å². The van der Waals surface area contributed by atoms with E-state index in [0.29, 0.717) is 24.5 Å². The number of Topliss-reactive ketones (excluding diaryl/α,β-unsaturated/α-hetero) is 1. The zero-order chi connectivity index (χ0) is 12.0. The molecular formula is C12H15BrO3. The zero-order valence-electron chi connectivity index (χ0n) is 9.46. The van der Waals surface area contributed by atoms with Gasteiger partial charge < -0.3 is 9.47 Å². The number of carbonyl (C=O) groups excluding carboxylic acids is 1. The largest absolute Gasteiger partial charge is 0.493 e. The lowest BCUT2D eigenvalue weighted by Crippen LogP contribution is -2.05. The number of halogens is 1. The molecule has 0 aromatic heterocycles. The SMILES string of the molecule is COCCCOc1ccc(Br)cc1C(C)=O. The Morgan fingerprint density at radius 1 is 1.38 bits per heavy atom. The van der Waals surface area contributed by atoms with Gasteiger partial charge in [0, 0.05) is 24.6 Å². The fourth-order valence-electron chi connectivity index (χ4n) is 1.29. The second kappa shape index (κ2) is 6.66. The first-order valence-corrected chi connectivity index (χ1v) is 5.86. The van der Waals surface area contributed by atoms with Crippen LogP contribution in [-0.2, 0) is 4.74 Å². The van der Waals surface area contributed by atoms with E-state index in [2.05, 4.69) is 15.9 Å². The Labute approximate surface area is 104 Å². The average Bonchev–Trinajstić information content (AvgIpc) is 2.26. The van der Waals surface area contributed by atoms with Crippen LogP contribution >= 0.6 is 15.9 Å². The molecule has 0 aliphatic heterocycles. The Morgan fingerprint density at radius 2 is 2.12 bits per heavy atom. The minimum Gasteiger partial charge on any atom is -0.493 e. The van der Waals surface area contributed by atoms with Gasteiger partial charge in [0.1, 0.15) is 5.75 Å². The van der Waals surface area contributed by atoms with Crippen LogP contribution < -0.4 is 4.74 Å². The Morgan fingerprint density at radius 3 is 2.75 bits per heavy atom. The molecule has 0 bridgehead atoms. The topological polar surface area (TPSA) is 35.5 Å². The number of rotatable bonds is 6. The van der Waals surface area contributed by atoms with Crippen LogP contribution in [0.5, 0.6) is 5.75 Å². The molecule has 0 fully saturated rings. The summed E-state index contributed by atoms with van der Waals surface area (Å²) >= 11 is 3.33. The van der Waals surface area contributed by atoms with Gasteiger partial charge in [-0.2, -0.15) is 0 Å². The molecule has 1 rings (SSSR count). The lowest BCUT2D eigenvalue weighted by Gasteiger charge is -2.09. The van der Waals surface area contributed by atoms with Gasteiger partial charge in [0.25, 0.3) is 0 Å². The Balaban J connectivity index is 2.67. The minimum absolute atomic E-state index is 0.00282. The summed E-state index contributed by atoms with van der Waals surface area (Å²) in [5, 5.41) is 0. The molecular weight excluding hydrogens is 272 g/mol. The molecule has 1 aromatic rings. The summed E-state index contributed by atoms with van der Waals surface area (Å²) in [5.74, 6) is 0.634. The highest BCUT2D eigenvalue weighted by Gasteiger charge is 2.08. The van der Waals surface area contributed by atoms with Crippen molar-refractivity contribution in [3.05, 3.63) is 28.2 Å². The highest BCUT2D eigenvalue weighted by molar-refractivity contribution is 9.10. The van der Waals surface area contributed by atoms with Crippen LogP contribution in [-0.4, -0.2) is 26.1 Å². The maximum Gasteiger partial charge on any atom is 0.163 e. The summed E-state index contributed by atoms with van der Waals surface area (Å²) in [6.45, 7) is 2.74. The molecule has 0 aliphatic carbocycles. The first kappa shape index (κ1) is 13.2. The van der Waals surface area contributed by atoms with Crippen LogP contribution in [0.2, 0.25) is 0 Å². The quantitative estimate of drug-likeness (QED) is 0.596. The van der Waals surface area contributed by atoms with Crippen molar-refractivity contribution >= 4 is 21.7 Å². The maximum absolute atomic E-state index is 11.4. The van der Waals surface area contributed by atoms with E-state index in [9.17, 15) is 4.79 Å². The monoisotopic (exact) mass is 286 g/mol. The van der Waals surface area contributed by atoms with Crippen LogP contribution in [0.4, 0.5) is 0 Å². The Hall–Kier alpha value is -0.870. The number of ether oxygens (including phenoxy) is 2. The third-order valence-electron chi connectivity index (χ3n) is 2.07. The lowest BCUT2D eigenvalue weighted by atomic mass is 10.1. The normalized spacial score (nSPS) is 10.2. The predicted octanol–water partition coefficient (Wildman–Crippen LogP) is 3.07. The van der Waals surface area contributed by atoms with E-state index in [1.807, 2.05) is 6.07 Å². The van der Waals surface area contributed by atoms with Gasteiger partial charge in [-0.1, -0.05) is 15.9 Å². The maximum atomic E-state index is 11.4. The van der Waals surface area contributed by atoms with Crippen molar-refractivity contribution in [2.24, 2.45) is 0 Å². The molecule has 0 saturated heterocycles. The van der Waals surface area contributed by atoms with Gasteiger partial charge in [-0.05, 0) is 25.1 Å². The van der Waals surface area contributed by atoms with Crippen LogP contribution in [0.25, 0.3) is 0 Å². The summed E-state index contributed by atoms with van der Waals surface area (Å²) in [4.78, 5) is 11.4. The molecule has 0 unspecified atom stereocenters. The molecule has 0 amide bonds. The van der Waals surface area contributed by atoms with Crippen LogP contribution in [0, 0.1) is 0 Å². The molecule has 88 valence electrons. The van der Waals surface area contributed by atoms with Crippen LogP contribution in [0.3, 0.4) is 0 Å². The van der Waals surface area contributed by atoms with Crippen molar-refractivity contribution in [3.63, 3.8) is 0 Å². The summed E-state index contributed by atoms with van der Waals surface area (Å²) in [5.41, 5.74) is 0.604.